The summed E-state index contributed by atoms with van der Waals surface area (Å²) in [6.07, 6.45) is -4.74. The molecule has 0 bridgehead atoms. The van der Waals surface area contributed by atoms with Gasteiger partial charge in [-0.2, -0.15) is 13.2 Å². The smallest absolute Gasteiger partial charge is 0.324 e. The second-order valence-electron chi connectivity index (χ2n) is 4.65. The molecular formula is C15H12F5N. The Morgan fingerprint density at radius 1 is 1.00 bits per heavy atom. The van der Waals surface area contributed by atoms with Crippen molar-refractivity contribution in [1.82, 2.24) is 0 Å². The van der Waals surface area contributed by atoms with Crippen LogP contribution < -0.4 is 5.73 Å². The van der Waals surface area contributed by atoms with E-state index in [0.29, 0.717) is 11.6 Å². The maximum atomic E-state index is 13.9. The molecular weight excluding hydrogens is 289 g/mol. The minimum atomic E-state index is -4.78. The molecule has 0 aliphatic rings. The van der Waals surface area contributed by atoms with Crippen LogP contribution in [0.25, 0.3) is 0 Å². The average molecular weight is 301 g/mol. The Morgan fingerprint density at radius 2 is 1.67 bits per heavy atom. The lowest BCUT2D eigenvalue weighted by atomic mass is 9.97. The summed E-state index contributed by atoms with van der Waals surface area (Å²) in [5.74, 6) is -1.86. The molecule has 0 saturated carbocycles. The van der Waals surface area contributed by atoms with E-state index in [9.17, 15) is 22.0 Å². The van der Waals surface area contributed by atoms with Crippen molar-refractivity contribution in [2.24, 2.45) is 5.73 Å². The molecule has 112 valence electrons. The zero-order valence-corrected chi connectivity index (χ0v) is 10.8. The van der Waals surface area contributed by atoms with Crippen LogP contribution in [-0.4, -0.2) is 0 Å². The van der Waals surface area contributed by atoms with Crippen LogP contribution in [0.2, 0.25) is 0 Å². The van der Waals surface area contributed by atoms with Crippen LogP contribution in [0.15, 0.2) is 42.5 Å². The molecule has 0 amide bonds. The fraction of sp³-hybridized carbons (Fsp3) is 0.200. The largest absolute Gasteiger partial charge is 0.419 e. The van der Waals surface area contributed by atoms with E-state index in [-0.39, 0.29) is 12.0 Å². The molecule has 0 aromatic heterocycles. The Labute approximate surface area is 118 Å². The first-order valence-electron chi connectivity index (χ1n) is 6.14. The van der Waals surface area contributed by atoms with Gasteiger partial charge in [0.25, 0.3) is 0 Å². The maximum Gasteiger partial charge on any atom is 0.419 e. The molecule has 0 heterocycles. The molecule has 1 atom stereocenters. The molecule has 0 spiro atoms. The summed E-state index contributed by atoms with van der Waals surface area (Å²) in [5, 5.41) is 0. The lowest BCUT2D eigenvalue weighted by molar-refractivity contribution is -0.140. The molecule has 0 aliphatic heterocycles. The quantitative estimate of drug-likeness (QED) is 0.844. The predicted octanol–water partition coefficient (Wildman–Crippen LogP) is 4.23. The molecule has 2 rings (SSSR count). The number of benzene rings is 2. The van der Waals surface area contributed by atoms with Gasteiger partial charge in [0, 0.05) is 11.6 Å². The summed E-state index contributed by atoms with van der Waals surface area (Å²) in [6.45, 7) is 0. The van der Waals surface area contributed by atoms with Crippen molar-refractivity contribution in [3.05, 3.63) is 70.8 Å². The van der Waals surface area contributed by atoms with E-state index in [4.69, 9.17) is 5.73 Å². The van der Waals surface area contributed by atoms with E-state index < -0.39 is 29.4 Å². The number of hydrogen-bond acceptors (Lipinski definition) is 1. The number of halogens is 5. The molecule has 21 heavy (non-hydrogen) atoms. The van der Waals surface area contributed by atoms with Gasteiger partial charge < -0.3 is 5.73 Å². The monoisotopic (exact) mass is 301 g/mol. The van der Waals surface area contributed by atoms with Crippen molar-refractivity contribution in [3.8, 4) is 0 Å². The zero-order chi connectivity index (χ0) is 15.6. The molecule has 2 N–H and O–H groups in total. The summed E-state index contributed by atoms with van der Waals surface area (Å²) in [4.78, 5) is 0. The maximum absolute atomic E-state index is 13.9. The van der Waals surface area contributed by atoms with Crippen LogP contribution in [0.1, 0.15) is 22.7 Å². The summed E-state index contributed by atoms with van der Waals surface area (Å²) >= 11 is 0. The molecule has 2 aromatic carbocycles. The van der Waals surface area contributed by atoms with Crippen LogP contribution in [0, 0.1) is 11.6 Å². The molecule has 0 saturated heterocycles. The van der Waals surface area contributed by atoms with Crippen molar-refractivity contribution in [3.63, 3.8) is 0 Å². The highest BCUT2D eigenvalue weighted by atomic mass is 19.4. The lowest BCUT2D eigenvalue weighted by Crippen LogP contribution is -2.18. The van der Waals surface area contributed by atoms with E-state index >= 15 is 0 Å². The Morgan fingerprint density at radius 3 is 2.29 bits per heavy atom. The van der Waals surface area contributed by atoms with E-state index in [2.05, 4.69) is 0 Å². The fourth-order valence-electron chi connectivity index (χ4n) is 2.08. The molecule has 0 fully saturated rings. The highest BCUT2D eigenvalue weighted by molar-refractivity contribution is 5.31. The topological polar surface area (TPSA) is 26.0 Å². The lowest BCUT2D eigenvalue weighted by Gasteiger charge is -2.16. The Balaban J connectivity index is 2.30. The second kappa shape index (κ2) is 5.81. The summed E-state index contributed by atoms with van der Waals surface area (Å²) in [5.41, 5.74) is 4.65. The van der Waals surface area contributed by atoms with Gasteiger partial charge in [-0.05, 0) is 30.2 Å². The van der Waals surface area contributed by atoms with Gasteiger partial charge in [-0.1, -0.05) is 24.3 Å². The van der Waals surface area contributed by atoms with Crippen LogP contribution in [0.3, 0.4) is 0 Å². The zero-order valence-electron chi connectivity index (χ0n) is 10.8. The first-order valence-corrected chi connectivity index (χ1v) is 6.14. The first-order chi connectivity index (χ1) is 9.79. The van der Waals surface area contributed by atoms with E-state index in [1.54, 1.807) is 6.07 Å². The highest BCUT2D eigenvalue weighted by Crippen LogP contribution is 2.34. The van der Waals surface area contributed by atoms with E-state index in [1.807, 2.05) is 0 Å². The van der Waals surface area contributed by atoms with E-state index in [0.717, 1.165) is 6.07 Å². The van der Waals surface area contributed by atoms with Crippen LogP contribution in [-0.2, 0) is 12.6 Å². The van der Waals surface area contributed by atoms with Crippen LogP contribution in [0.4, 0.5) is 22.0 Å². The van der Waals surface area contributed by atoms with Gasteiger partial charge in [-0.25, -0.2) is 8.78 Å². The summed E-state index contributed by atoms with van der Waals surface area (Å²) < 4.78 is 64.9. The second-order valence-corrected chi connectivity index (χ2v) is 4.65. The Bertz CT molecular complexity index is 636. The Kier molecular flexibility index (Phi) is 4.27. The normalized spacial score (nSPS) is 13.2. The third-order valence-corrected chi connectivity index (χ3v) is 3.08. The predicted molar refractivity (Wildman–Crippen MR) is 68.4 cm³/mol. The average Bonchev–Trinajstić information content (AvgIpc) is 2.37. The van der Waals surface area contributed by atoms with Crippen molar-refractivity contribution in [2.75, 3.05) is 0 Å². The van der Waals surface area contributed by atoms with Crippen molar-refractivity contribution in [2.45, 2.75) is 18.6 Å². The number of nitrogens with two attached hydrogens (primary N) is 1. The highest BCUT2D eigenvalue weighted by Gasteiger charge is 2.35. The SMILES string of the molecule is NC(Cc1cccc(F)c1)c1cccc(C(F)(F)F)c1F. The third kappa shape index (κ3) is 3.58. The molecule has 0 aliphatic carbocycles. The standard InChI is InChI=1S/C15H12F5N/c16-10-4-1-3-9(7-10)8-13(21)11-5-2-6-12(14(11)17)15(18,19)20/h1-7,13H,8,21H2. The van der Waals surface area contributed by atoms with E-state index in [1.165, 1.54) is 24.3 Å². The molecule has 6 heteroatoms. The van der Waals surface area contributed by atoms with Gasteiger partial charge in [0.05, 0.1) is 5.56 Å². The number of alkyl halides is 3. The molecule has 2 aromatic rings. The van der Waals surface area contributed by atoms with Crippen LogP contribution in [0.5, 0.6) is 0 Å². The minimum Gasteiger partial charge on any atom is -0.324 e. The van der Waals surface area contributed by atoms with Gasteiger partial charge in [0.1, 0.15) is 11.6 Å². The fourth-order valence-corrected chi connectivity index (χ4v) is 2.08. The first kappa shape index (κ1) is 15.4. The third-order valence-electron chi connectivity index (χ3n) is 3.08. The number of hydrogen-bond donors (Lipinski definition) is 1. The molecule has 1 unspecified atom stereocenters. The van der Waals surface area contributed by atoms with Gasteiger partial charge in [-0.15, -0.1) is 0 Å². The van der Waals surface area contributed by atoms with Crippen molar-refractivity contribution >= 4 is 0 Å². The molecule has 0 radical (unpaired) electrons. The van der Waals surface area contributed by atoms with Gasteiger partial charge in [0.15, 0.2) is 0 Å². The number of rotatable bonds is 3. The summed E-state index contributed by atoms with van der Waals surface area (Å²) in [7, 11) is 0. The van der Waals surface area contributed by atoms with Crippen molar-refractivity contribution < 1.29 is 22.0 Å². The summed E-state index contributed by atoms with van der Waals surface area (Å²) in [6, 6.07) is 7.46. The van der Waals surface area contributed by atoms with Crippen LogP contribution >= 0.6 is 0 Å². The van der Waals surface area contributed by atoms with Crippen molar-refractivity contribution in [1.29, 1.82) is 0 Å². The van der Waals surface area contributed by atoms with Gasteiger partial charge in [0.2, 0.25) is 0 Å². The molecule has 1 nitrogen and oxygen atoms in total. The Hall–Kier alpha value is -1.95. The minimum absolute atomic E-state index is 0.0377. The van der Waals surface area contributed by atoms with Gasteiger partial charge >= 0.3 is 6.18 Å². The van der Waals surface area contributed by atoms with Gasteiger partial charge in [-0.3, -0.25) is 0 Å².